The molecule has 2 rings (SSSR count). The van der Waals surface area contributed by atoms with Gasteiger partial charge in [-0.2, -0.15) is 43.9 Å². The normalized spacial score (nSPS) is 20.7. The van der Waals surface area contributed by atoms with Gasteiger partial charge in [-0.05, 0) is 52.4 Å². The van der Waals surface area contributed by atoms with Crippen molar-refractivity contribution in [3.63, 3.8) is 0 Å². The predicted octanol–water partition coefficient (Wildman–Crippen LogP) is 6.73. The smallest absolute Gasteiger partial charge is 0.431 e. The molecule has 2 unspecified atom stereocenters. The number of aliphatic hydroxyl groups is 2. The first-order chi connectivity index (χ1) is 18.9. The maximum Gasteiger partial charge on any atom is 0.431 e. The molecule has 6 nitrogen and oxygen atoms in total. The van der Waals surface area contributed by atoms with Gasteiger partial charge in [-0.1, -0.05) is 38.8 Å². The third-order valence-electron chi connectivity index (χ3n) is 7.06. The molecule has 0 amide bonds. The Morgan fingerprint density at radius 2 is 1.10 bits per heavy atom. The third-order valence-corrected chi connectivity index (χ3v) is 7.06. The number of hydrogen-bond donors (Lipinski definition) is 2. The van der Waals surface area contributed by atoms with E-state index in [1.165, 1.54) is 6.92 Å². The van der Waals surface area contributed by atoms with Crippen LogP contribution in [0.1, 0.15) is 78.1 Å². The van der Waals surface area contributed by atoms with Gasteiger partial charge in [0.2, 0.25) is 6.10 Å². The Balaban J connectivity index is 0.000000420. The van der Waals surface area contributed by atoms with Crippen LogP contribution in [0.15, 0.2) is 24.3 Å². The largest absolute Gasteiger partial charge is 0.449 e. The lowest BCUT2D eigenvalue weighted by atomic mass is 9.77. The molecule has 0 aromatic rings. The number of esters is 2. The first-order valence-electron chi connectivity index (χ1n) is 12.9. The molecule has 0 saturated heterocycles. The Kier molecular flexibility index (Phi) is 12.1. The highest BCUT2D eigenvalue weighted by molar-refractivity contribution is 5.87. The second-order valence-electron chi connectivity index (χ2n) is 10.6. The minimum Gasteiger partial charge on any atom is -0.449 e. The number of halogens is 10. The first-order valence-corrected chi connectivity index (χ1v) is 12.9. The molecule has 16 heteroatoms. The summed E-state index contributed by atoms with van der Waals surface area (Å²) in [6.45, 7) is 8.53. The van der Waals surface area contributed by atoms with Crippen molar-refractivity contribution in [2.45, 2.75) is 126 Å². The summed E-state index contributed by atoms with van der Waals surface area (Å²) in [7, 11) is 0. The van der Waals surface area contributed by atoms with E-state index in [0.717, 1.165) is 6.92 Å². The Morgan fingerprint density at radius 3 is 1.45 bits per heavy atom. The molecule has 0 aromatic carbocycles. The molecule has 0 aromatic heterocycles. The van der Waals surface area contributed by atoms with Gasteiger partial charge >= 0.3 is 36.1 Å². The maximum absolute atomic E-state index is 14.2. The monoisotopic (exact) mass is 632 g/mol. The standard InChI is InChI=1S/2C13H17F5O3/c1-8(2)9(19)21-10(13(16,17)18)12(14,15)11(20)6-4-3-5-7-11;1-8(2)9(19)21-11(6-4-3-5-7-11)12(14,15)10(20)13(16,17)18/h2*10,20H,1,3-7H2,2H3. The molecule has 2 aliphatic carbocycles. The van der Waals surface area contributed by atoms with Gasteiger partial charge in [-0.15, -0.1) is 0 Å². The number of rotatable bonds is 8. The highest BCUT2D eigenvalue weighted by atomic mass is 19.4. The van der Waals surface area contributed by atoms with Crippen molar-refractivity contribution in [3.05, 3.63) is 24.3 Å². The Hall–Kier alpha value is -2.36. The molecule has 0 radical (unpaired) electrons. The summed E-state index contributed by atoms with van der Waals surface area (Å²) in [5, 5.41) is 18.9. The second-order valence-corrected chi connectivity index (χ2v) is 10.6. The summed E-state index contributed by atoms with van der Waals surface area (Å²) in [6.07, 6.45) is -18.6. The number of alkyl halides is 10. The number of ether oxygens (including phenoxy) is 2. The van der Waals surface area contributed by atoms with Crippen LogP contribution in [0, 0.1) is 0 Å². The SMILES string of the molecule is C=C(C)C(=O)OC(C(F)(F)F)C(F)(F)C1(O)CCCCC1.C=C(C)C(=O)OC1(C(F)(F)C(O)C(F)(F)F)CCCCC1. The van der Waals surface area contributed by atoms with E-state index >= 15 is 0 Å². The molecule has 0 heterocycles. The van der Waals surface area contributed by atoms with Crippen LogP contribution in [0.2, 0.25) is 0 Å². The zero-order valence-electron chi connectivity index (χ0n) is 22.9. The summed E-state index contributed by atoms with van der Waals surface area (Å²) in [5.41, 5.74) is -6.12. The van der Waals surface area contributed by atoms with E-state index in [9.17, 15) is 58.6 Å². The molecule has 42 heavy (non-hydrogen) atoms. The summed E-state index contributed by atoms with van der Waals surface area (Å²) in [4.78, 5) is 22.7. The van der Waals surface area contributed by atoms with Crippen LogP contribution in [-0.4, -0.2) is 69.8 Å². The molecule has 2 fully saturated rings. The molecule has 0 bridgehead atoms. The lowest BCUT2D eigenvalue weighted by Gasteiger charge is -2.44. The van der Waals surface area contributed by atoms with E-state index in [0.29, 0.717) is 12.8 Å². The third kappa shape index (κ3) is 8.60. The van der Waals surface area contributed by atoms with Crippen LogP contribution in [0.3, 0.4) is 0 Å². The zero-order valence-corrected chi connectivity index (χ0v) is 22.9. The predicted molar refractivity (Wildman–Crippen MR) is 127 cm³/mol. The van der Waals surface area contributed by atoms with Gasteiger partial charge in [0.1, 0.15) is 5.60 Å². The Bertz CT molecular complexity index is 975. The van der Waals surface area contributed by atoms with E-state index in [2.05, 4.69) is 22.6 Å². The van der Waals surface area contributed by atoms with Gasteiger partial charge < -0.3 is 19.7 Å². The molecule has 2 saturated carbocycles. The van der Waals surface area contributed by atoms with Crippen molar-refractivity contribution < 1.29 is 73.2 Å². The summed E-state index contributed by atoms with van der Waals surface area (Å²) < 4.78 is 141. The summed E-state index contributed by atoms with van der Waals surface area (Å²) in [5.74, 6) is -12.0. The maximum atomic E-state index is 14.2. The van der Waals surface area contributed by atoms with Crippen molar-refractivity contribution in [3.8, 4) is 0 Å². The average Bonchev–Trinajstić information content (AvgIpc) is 2.86. The lowest BCUT2D eigenvalue weighted by Crippen LogP contribution is -2.62. The minimum absolute atomic E-state index is 0.184. The number of aliphatic hydroxyl groups excluding tert-OH is 1. The van der Waals surface area contributed by atoms with Crippen LogP contribution >= 0.6 is 0 Å². The number of carbonyl (C=O) groups excluding carboxylic acids is 2. The summed E-state index contributed by atoms with van der Waals surface area (Å²) >= 11 is 0. The van der Waals surface area contributed by atoms with Crippen molar-refractivity contribution in [1.82, 2.24) is 0 Å². The van der Waals surface area contributed by atoms with Crippen LogP contribution < -0.4 is 0 Å². The van der Waals surface area contributed by atoms with Crippen molar-refractivity contribution in [2.75, 3.05) is 0 Å². The van der Waals surface area contributed by atoms with Gasteiger partial charge in [0.15, 0.2) is 5.60 Å². The van der Waals surface area contributed by atoms with Gasteiger partial charge in [0.25, 0.3) is 6.10 Å². The number of carbonyl (C=O) groups is 2. The molecule has 2 N–H and O–H groups in total. The highest BCUT2D eigenvalue weighted by Crippen LogP contribution is 2.49. The van der Waals surface area contributed by atoms with Crippen LogP contribution in [0.25, 0.3) is 0 Å². The summed E-state index contributed by atoms with van der Waals surface area (Å²) in [6, 6.07) is 0. The fourth-order valence-corrected chi connectivity index (χ4v) is 4.61. The Morgan fingerprint density at radius 1 is 0.690 bits per heavy atom. The van der Waals surface area contributed by atoms with Crippen molar-refractivity contribution in [2.24, 2.45) is 0 Å². The van der Waals surface area contributed by atoms with Gasteiger partial charge in [0.05, 0.1) is 0 Å². The molecule has 0 aliphatic heterocycles. The topological polar surface area (TPSA) is 93.1 Å². The molecular formula is C26H34F10O6. The van der Waals surface area contributed by atoms with Crippen LogP contribution in [-0.2, 0) is 19.1 Å². The van der Waals surface area contributed by atoms with Crippen LogP contribution in [0.4, 0.5) is 43.9 Å². The Labute approximate surface area is 235 Å². The second kappa shape index (κ2) is 13.5. The molecular weight excluding hydrogens is 598 g/mol. The quantitative estimate of drug-likeness (QED) is 0.175. The van der Waals surface area contributed by atoms with Gasteiger partial charge in [-0.3, -0.25) is 0 Å². The number of hydrogen-bond acceptors (Lipinski definition) is 6. The zero-order chi connectivity index (χ0) is 32.9. The fourth-order valence-electron chi connectivity index (χ4n) is 4.61. The molecule has 0 spiro atoms. The van der Waals surface area contributed by atoms with E-state index in [-0.39, 0.29) is 31.3 Å². The van der Waals surface area contributed by atoms with Gasteiger partial charge in [0, 0.05) is 11.1 Å². The van der Waals surface area contributed by atoms with Gasteiger partial charge in [-0.25, -0.2) is 9.59 Å². The van der Waals surface area contributed by atoms with E-state index in [1.807, 2.05) is 0 Å². The minimum atomic E-state index is -5.51. The van der Waals surface area contributed by atoms with Crippen LogP contribution in [0.5, 0.6) is 0 Å². The highest BCUT2D eigenvalue weighted by Gasteiger charge is 2.69. The first kappa shape index (κ1) is 37.7. The lowest BCUT2D eigenvalue weighted by molar-refractivity contribution is -0.320. The average molecular weight is 633 g/mol. The molecule has 244 valence electrons. The van der Waals surface area contributed by atoms with E-state index in [4.69, 9.17) is 5.11 Å². The molecule has 2 aliphatic rings. The van der Waals surface area contributed by atoms with E-state index < -0.39 is 90.8 Å². The molecule has 2 atom stereocenters. The van der Waals surface area contributed by atoms with E-state index in [1.54, 1.807) is 0 Å². The van der Waals surface area contributed by atoms with Crippen molar-refractivity contribution >= 4 is 11.9 Å². The fraction of sp³-hybridized carbons (Fsp3) is 0.769. The van der Waals surface area contributed by atoms with Crippen molar-refractivity contribution in [1.29, 1.82) is 0 Å².